The number of amides is 1. The predicted molar refractivity (Wildman–Crippen MR) is 114 cm³/mol. The van der Waals surface area contributed by atoms with Gasteiger partial charge in [-0.05, 0) is 37.1 Å². The Kier molecular flexibility index (Phi) is 7.08. The van der Waals surface area contributed by atoms with Gasteiger partial charge in [-0.2, -0.15) is 0 Å². The van der Waals surface area contributed by atoms with Gasteiger partial charge in [0.2, 0.25) is 5.91 Å². The smallest absolute Gasteiger partial charge is 0.230 e. The number of benzene rings is 2. The zero-order valence-electron chi connectivity index (χ0n) is 16.1. The molecule has 2 N–H and O–H groups in total. The molecule has 0 saturated carbocycles. The van der Waals surface area contributed by atoms with Crippen LogP contribution in [0.1, 0.15) is 12.5 Å². The molecule has 1 aromatic heterocycles. The quantitative estimate of drug-likeness (QED) is 0.426. The number of carbonyl (C=O) groups is 1. The molecule has 0 spiro atoms. The third-order valence-electron chi connectivity index (χ3n) is 4.17. The Morgan fingerprint density at radius 1 is 1.11 bits per heavy atom. The van der Waals surface area contributed by atoms with E-state index in [1.807, 2.05) is 55.5 Å². The molecule has 0 radical (unpaired) electrons. The number of ether oxygens (including phenoxy) is 1. The topological polar surface area (TPSA) is 76.1 Å². The van der Waals surface area contributed by atoms with Crippen molar-refractivity contribution in [2.24, 2.45) is 0 Å². The fourth-order valence-electron chi connectivity index (χ4n) is 2.85. The van der Waals surface area contributed by atoms with Gasteiger partial charge in [0.15, 0.2) is 5.16 Å². The highest BCUT2D eigenvalue weighted by atomic mass is 32.2. The third kappa shape index (κ3) is 5.13. The van der Waals surface area contributed by atoms with Crippen LogP contribution >= 0.6 is 11.8 Å². The number of aromatic nitrogens is 2. The summed E-state index contributed by atoms with van der Waals surface area (Å²) in [6.07, 6.45) is 0.720. The van der Waals surface area contributed by atoms with Gasteiger partial charge in [0.1, 0.15) is 11.6 Å². The highest BCUT2D eigenvalue weighted by Crippen LogP contribution is 2.24. The monoisotopic (exact) mass is 396 g/mol. The highest BCUT2D eigenvalue weighted by molar-refractivity contribution is 7.99. The Labute approximate surface area is 169 Å². The number of hydrogen-bond acceptors (Lipinski definition) is 6. The first kappa shape index (κ1) is 19.9. The van der Waals surface area contributed by atoms with Crippen molar-refractivity contribution in [2.45, 2.75) is 18.5 Å². The summed E-state index contributed by atoms with van der Waals surface area (Å²) in [5.41, 5.74) is 1.94. The number of thioether (sulfide) groups is 1. The van der Waals surface area contributed by atoms with Gasteiger partial charge in [-0.25, -0.2) is 9.97 Å². The summed E-state index contributed by atoms with van der Waals surface area (Å²) in [5.74, 6) is 1.87. The van der Waals surface area contributed by atoms with Crippen molar-refractivity contribution in [3.05, 3.63) is 54.1 Å². The van der Waals surface area contributed by atoms with Crippen LogP contribution in [-0.2, 0) is 11.2 Å². The maximum absolute atomic E-state index is 12.2. The fraction of sp³-hybridized carbons (Fsp3) is 0.286. The molecule has 3 rings (SSSR count). The van der Waals surface area contributed by atoms with Gasteiger partial charge >= 0.3 is 0 Å². The second-order valence-electron chi connectivity index (χ2n) is 6.10. The van der Waals surface area contributed by atoms with Gasteiger partial charge < -0.3 is 15.4 Å². The molecule has 0 aliphatic carbocycles. The van der Waals surface area contributed by atoms with E-state index >= 15 is 0 Å². The van der Waals surface area contributed by atoms with E-state index in [0.29, 0.717) is 11.7 Å². The van der Waals surface area contributed by atoms with E-state index in [9.17, 15) is 4.79 Å². The number of fused-ring (bicyclic) bond motifs is 1. The van der Waals surface area contributed by atoms with Crippen molar-refractivity contribution >= 4 is 34.4 Å². The molecule has 146 valence electrons. The first-order valence-corrected chi connectivity index (χ1v) is 10.2. The number of anilines is 1. The van der Waals surface area contributed by atoms with Gasteiger partial charge in [0, 0.05) is 18.5 Å². The number of carbonyl (C=O) groups excluding carboxylic acids is 1. The summed E-state index contributed by atoms with van der Waals surface area (Å²) in [5, 5.41) is 7.78. The summed E-state index contributed by atoms with van der Waals surface area (Å²) < 4.78 is 5.34. The second kappa shape index (κ2) is 9.94. The van der Waals surface area contributed by atoms with Crippen LogP contribution in [0, 0.1) is 0 Å². The van der Waals surface area contributed by atoms with E-state index in [1.165, 1.54) is 11.8 Å². The number of nitrogens with one attached hydrogen (secondary N) is 2. The Hall–Kier alpha value is -2.80. The van der Waals surface area contributed by atoms with Gasteiger partial charge in [-0.3, -0.25) is 4.79 Å². The summed E-state index contributed by atoms with van der Waals surface area (Å²) in [6.45, 7) is 3.36. The van der Waals surface area contributed by atoms with E-state index in [2.05, 4.69) is 20.6 Å². The molecule has 7 heteroatoms. The molecular weight excluding hydrogens is 372 g/mol. The van der Waals surface area contributed by atoms with E-state index < -0.39 is 0 Å². The summed E-state index contributed by atoms with van der Waals surface area (Å²) >= 11 is 1.34. The lowest BCUT2D eigenvalue weighted by molar-refractivity contribution is -0.118. The molecule has 6 nitrogen and oxygen atoms in total. The minimum Gasteiger partial charge on any atom is -0.496 e. The fourth-order valence-corrected chi connectivity index (χ4v) is 3.53. The number of methoxy groups -OCH3 is 1. The first-order valence-electron chi connectivity index (χ1n) is 9.23. The lowest BCUT2D eigenvalue weighted by Gasteiger charge is -2.10. The SMILES string of the molecule is CCNc1nc(SCC(=O)NCCc2ccccc2OC)nc2ccccc12. The maximum Gasteiger partial charge on any atom is 0.230 e. The molecule has 0 aliphatic heterocycles. The zero-order valence-corrected chi connectivity index (χ0v) is 16.9. The molecule has 2 aromatic carbocycles. The molecule has 1 amide bonds. The lowest BCUT2D eigenvalue weighted by atomic mass is 10.1. The highest BCUT2D eigenvalue weighted by Gasteiger charge is 2.10. The first-order chi connectivity index (χ1) is 13.7. The van der Waals surface area contributed by atoms with Crippen LogP contribution in [0.3, 0.4) is 0 Å². The van der Waals surface area contributed by atoms with E-state index in [1.54, 1.807) is 7.11 Å². The molecule has 0 saturated heterocycles. The van der Waals surface area contributed by atoms with Crippen LogP contribution < -0.4 is 15.4 Å². The molecule has 0 fully saturated rings. The lowest BCUT2D eigenvalue weighted by Crippen LogP contribution is -2.27. The van der Waals surface area contributed by atoms with Crippen LogP contribution in [0.25, 0.3) is 10.9 Å². The van der Waals surface area contributed by atoms with Crippen molar-refractivity contribution in [3.8, 4) is 5.75 Å². The summed E-state index contributed by atoms with van der Waals surface area (Å²) in [6, 6.07) is 15.7. The van der Waals surface area contributed by atoms with Crippen LogP contribution in [0.2, 0.25) is 0 Å². The predicted octanol–water partition coefficient (Wildman–Crippen LogP) is 3.52. The Morgan fingerprint density at radius 3 is 2.71 bits per heavy atom. The van der Waals surface area contributed by atoms with Crippen LogP contribution in [0.5, 0.6) is 5.75 Å². The third-order valence-corrected chi connectivity index (χ3v) is 5.02. The average molecular weight is 397 g/mol. The van der Waals surface area contributed by atoms with E-state index in [4.69, 9.17) is 4.74 Å². The molecule has 0 unspecified atom stereocenters. The molecule has 0 aliphatic rings. The van der Waals surface area contributed by atoms with Crippen LogP contribution in [-0.4, -0.2) is 41.8 Å². The van der Waals surface area contributed by atoms with Crippen molar-refractivity contribution in [3.63, 3.8) is 0 Å². The number of para-hydroxylation sites is 2. The molecular formula is C21H24N4O2S. The van der Waals surface area contributed by atoms with Gasteiger partial charge in [-0.1, -0.05) is 42.1 Å². The summed E-state index contributed by atoms with van der Waals surface area (Å²) in [7, 11) is 1.65. The Morgan fingerprint density at radius 2 is 1.89 bits per heavy atom. The van der Waals surface area contributed by atoms with Gasteiger partial charge in [0.05, 0.1) is 18.4 Å². The molecule has 0 bridgehead atoms. The van der Waals surface area contributed by atoms with Crippen molar-refractivity contribution in [2.75, 3.05) is 31.3 Å². The largest absolute Gasteiger partial charge is 0.496 e. The molecule has 3 aromatic rings. The minimum atomic E-state index is -0.0401. The van der Waals surface area contributed by atoms with Crippen LogP contribution in [0.15, 0.2) is 53.7 Å². The van der Waals surface area contributed by atoms with Crippen molar-refractivity contribution in [1.29, 1.82) is 0 Å². The average Bonchev–Trinajstić information content (AvgIpc) is 2.73. The standard InChI is InChI=1S/C21H24N4O2S/c1-3-22-20-16-9-5-6-10-17(16)24-21(25-20)28-14-19(26)23-13-12-15-8-4-7-11-18(15)27-2/h4-11H,3,12-14H2,1-2H3,(H,23,26)(H,22,24,25). The molecule has 0 atom stereocenters. The molecule has 1 heterocycles. The van der Waals surface area contributed by atoms with E-state index in [-0.39, 0.29) is 11.7 Å². The van der Waals surface area contributed by atoms with Crippen molar-refractivity contribution in [1.82, 2.24) is 15.3 Å². The second-order valence-corrected chi connectivity index (χ2v) is 7.05. The normalized spacial score (nSPS) is 10.6. The molecule has 28 heavy (non-hydrogen) atoms. The Bertz CT molecular complexity index is 949. The van der Waals surface area contributed by atoms with Gasteiger partial charge in [0.25, 0.3) is 0 Å². The van der Waals surface area contributed by atoms with Gasteiger partial charge in [-0.15, -0.1) is 0 Å². The van der Waals surface area contributed by atoms with E-state index in [0.717, 1.165) is 41.0 Å². The maximum atomic E-state index is 12.2. The number of rotatable bonds is 9. The Balaban J connectivity index is 1.55. The number of hydrogen-bond donors (Lipinski definition) is 2. The minimum absolute atomic E-state index is 0.0401. The van der Waals surface area contributed by atoms with Crippen molar-refractivity contribution < 1.29 is 9.53 Å². The summed E-state index contributed by atoms with van der Waals surface area (Å²) in [4.78, 5) is 21.3. The zero-order chi connectivity index (χ0) is 19.8. The van der Waals surface area contributed by atoms with Crippen LogP contribution in [0.4, 0.5) is 5.82 Å². The number of nitrogens with zero attached hydrogens (tertiary/aromatic N) is 2.